The second-order valence-electron chi connectivity index (χ2n) is 7.12. The molecule has 1 aromatic carbocycles. The Labute approximate surface area is 152 Å². The first kappa shape index (κ1) is 20.3. The van der Waals surface area contributed by atoms with Crippen LogP contribution in [0, 0.1) is 5.82 Å². The van der Waals surface area contributed by atoms with Crippen molar-refractivity contribution in [2.75, 3.05) is 5.75 Å². The fraction of sp³-hybridized carbons (Fsp3) is 0.588. The van der Waals surface area contributed by atoms with Crippen LogP contribution in [0.1, 0.15) is 40.2 Å². The van der Waals surface area contributed by atoms with Gasteiger partial charge in [0.25, 0.3) is 0 Å². The van der Waals surface area contributed by atoms with Crippen LogP contribution < -0.4 is 14.2 Å². The van der Waals surface area contributed by atoms with Crippen molar-refractivity contribution in [3.8, 4) is 11.5 Å². The van der Waals surface area contributed by atoms with Gasteiger partial charge in [-0.1, -0.05) is 0 Å². The van der Waals surface area contributed by atoms with Gasteiger partial charge in [-0.25, -0.2) is 9.18 Å². The molecule has 1 aromatic rings. The first-order chi connectivity index (χ1) is 11.9. The molecule has 2 unspecified atom stereocenters. The van der Waals surface area contributed by atoms with E-state index in [0.717, 1.165) is 6.07 Å². The number of benzene rings is 1. The van der Waals surface area contributed by atoms with Crippen LogP contribution in [0.4, 0.5) is 9.18 Å². The van der Waals surface area contributed by atoms with Crippen LogP contribution in [0.25, 0.3) is 0 Å². The lowest BCUT2D eigenvalue weighted by molar-refractivity contribution is 0.0466. The highest BCUT2D eigenvalue weighted by Gasteiger charge is 2.33. The number of hydrogen-bond acceptors (Lipinski definition) is 6. The number of carbonyl (C=O) groups excluding carboxylic acids is 1. The topological polar surface area (TPSA) is 90.9 Å². The molecule has 26 heavy (non-hydrogen) atoms. The Kier molecular flexibility index (Phi) is 5.70. The lowest BCUT2D eigenvalue weighted by atomic mass is 10.1. The molecule has 1 N–H and O–H groups in total. The number of hydrogen-bond donors (Lipinski definition) is 1. The van der Waals surface area contributed by atoms with Gasteiger partial charge in [0.1, 0.15) is 17.5 Å². The number of fused-ring (bicyclic) bond motifs is 1. The summed E-state index contributed by atoms with van der Waals surface area (Å²) >= 11 is 0. The summed E-state index contributed by atoms with van der Waals surface area (Å²) in [5.41, 5.74) is -0.156. The van der Waals surface area contributed by atoms with Crippen LogP contribution in [0.2, 0.25) is 0 Å². The number of ether oxygens (including phenoxy) is 2. The minimum atomic E-state index is -3.82. The number of amides is 1. The molecule has 0 saturated heterocycles. The summed E-state index contributed by atoms with van der Waals surface area (Å²) in [6.07, 6.45) is -0.807. The Bertz CT molecular complexity index is 787. The number of rotatable bonds is 5. The standard InChI is InChI=1S/C17H24FNO6S/c1-6-26(21,22)25-14-9-12(18)7-11-8-13(23-15(11)14)10(2)19-16(20)24-17(3,4)5/h7,9-10,13H,6,8H2,1-5H3,(H,19,20). The molecule has 0 spiro atoms. The molecule has 0 bridgehead atoms. The molecule has 9 heteroatoms. The zero-order valence-electron chi connectivity index (χ0n) is 15.5. The van der Waals surface area contributed by atoms with Gasteiger partial charge in [0, 0.05) is 18.1 Å². The number of carbonyl (C=O) groups is 1. The molecular formula is C17H24FNO6S. The Hall–Kier alpha value is -2.03. The van der Waals surface area contributed by atoms with Crippen LogP contribution in [-0.2, 0) is 21.3 Å². The van der Waals surface area contributed by atoms with E-state index >= 15 is 0 Å². The van der Waals surface area contributed by atoms with E-state index in [-0.39, 0.29) is 17.3 Å². The summed E-state index contributed by atoms with van der Waals surface area (Å²) in [5, 5.41) is 2.67. The van der Waals surface area contributed by atoms with E-state index in [4.69, 9.17) is 13.7 Å². The van der Waals surface area contributed by atoms with E-state index in [1.807, 2.05) is 0 Å². The maximum atomic E-state index is 13.8. The Morgan fingerprint density at radius 1 is 1.42 bits per heavy atom. The van der Waals surface area contributed by atoms with E-state index in [2.05, 4.69) is 5.32 Å². The average molecular weight is 389 g/mol. The highest BCUT2D eigenvalue weighted by Crippen LogP contribution is 2.40. The molecule has 0 aliphatic carbocycles. The Balaban J connectivity index is 2.14. The van der Waals surface area contributed by atoms with Crippen molar-refractivity contribution in [1.82, 2.24) is 5.32 Å². The van der Waals surface area contributed by atoms with E-state index < -0.39 is 39.8 Å². The molecule has 1 aliphatic rings. The third-order valence-electron chi connectivity index (χ3n) is 3.66. The summed E-state index contributed by atoms with van der Waals surface area (Å²) in [6.45, 7) is 8.39. The van der Waals surface area contributed by atoms with Gasteiger partial charge in [0.05, 0.1) is 11.8 Å². The molecule has 146 valence electrons. The molecule has 0 aromatic heterocycles. The highest BCUT2D eigenvalue weighted by atomic mass is 32.2. The Morgan fingerprint density at radius 3 is 2.65 bits per heavy atom. The maximum Gasteiger partial charge on any atom is 0.407 e. The largest absolute Gasteiger partial charge is 0.484 e. The van der Waals surface area contributed by atoms with Gasteiger partial charge in [-0.3, -0.25) is 0 Å². The summed E-state index contributed by atoms with van der Waals surface area (Å²) < 4.78 is 53.1. The third-order valence-corrected chi connectivity index (χ3v) is 4.80. The predicted octanol–water partition coefficient (Wildman–Crippen LogP) is 2.77. The quantitative estimate of drug-likeness (QED) is 0.779. The normalized spacial score (nSPS) is 17.8. The molecule has 2 atom stereocenters. The van der Waals surface area contributed by atoms with E-state index in [1.54, 1.807) is 27.7 Å². The van der Waals surface area contributed by atoms with Crippen LogP contribution >= 0.6 is 0 Å². The monoisotopic (exact) mass is 389 g/mol. The first-order valence-corrected chi connectivity index (χ1v) is 9.88. The van der Waals surface area contributed by atoms with Gasteiger partial charge in [-0.2, -0.15) is 8.42 Å². The van der Waals surface area contributed by atoms with Gasteiger partial charge >= 0.3 is 16.2 Å². The third kappa shape index (κ3) is 5.23. The molecule has 0 fully saturated rings. The lowest BCUT2D eigenvalue weighted by Crippen LogP contribution is -2.45. The molecule has 1 aliphatic heterocycles. The number of nitrogens with one attached hydrogen (secondary N) is 1. The fourth-order valence-electron chi connectivity index (χ4n) is 2.44. The van der Waals surface area contributed by atoms with Crippen molar-refractivity contribution in [2.45, 2.75) is 58.8 Å². The highest BCUT2D eigenvalue weighted by molar-refractivity contribution is 7.87. The molecule has 0 radical (unpaired) electrons. The first-order valence-electron chi connectivity index (χ1n) is 8.31. The van der Waals surface area contributed by atoms with Gasteiger partial charge < -0.3 is 19.0 Å². The van der Waals surface area contributed by atoms with Gasteiger partial charge in [-0.15, -0.1) is 0 Å². The molecule has 2 rings (SSSR count). The molecule has 1 heterocycles. The van der Waals surface area contributed by atoms with Crippen molar-refractivity contribution in [1.29, 1.82) is 0 Å². The van der Waals surface area contributed by atoms with Gasteiger partial charge in [0.15, 0.2) is 11.5 Å². The predicted molar refractivity (Wildman–Crippen MR) is 93.4 cm³/mol. The second-order valence-corrected chi connectivity index (χ2v) is 8.98. The van der Waals surface area contributed by atoms with Crippen molar-refractivity contribution in [3.05, 3.63) is 23.5 Å². The van der Waals surface area contributed by atoms with Gasteiger partial charge in [0.2, 0.25) is 0 Å². The molecule has 0 saturated carbocycles. The minimum absolute atomic E-state index is 0.172. The summed E-state index contributed by atoms with van der Waals surface area (Å²) in [6, 6.07) is 1.79. The van der Waals surface area contributed by atoms with Crippen molar-refractivity contribution < 1.29 is 31.3 Å². The summed E-state index contributed by atoms with van der Waals surface area (Å²) in [7, 11) is -3.82. The van der Waals surface area contributed by atoms with Crippen LogP contribution in [-0.4, -0.2) is 38.0 Å². The fourth-order valence-corrected chi connectivity index (χ4v) is 2.96. The molecule has 1 amide bonds. The van der Waals surface area contributed by atoms with Gasteiger partial charge in [-0.05, 0) is 40.7 Å². The maximum absolute atomic E-state index is 13.8. The molecular weight excluding hydrogens is 365 g/mol. The minimum Gasteiger partial charge on any atom is -0.484 e. The van der Waals surface area contributed by atoms with E-state index in [0.29, 0.717) is 12.0 Å². The number of alkyl carbamates (subject to hydrolysis) is 1. The van der Waals surface area contributed by atoms with Crippen LogP contribution in [0.5, 0.6) is 11.5 Å². The van der Waals surface area contributed by atoms with E-state index in [9.17, 15) is 17.6 Å². The van der Waals surface area contributed by atoms with Crippen LogP contribution in [0.3, 0.4) is 0 Å². The zero-order chi connectivity index (χ0) is 19.7. The Morgan fingerprint density at radius 2 is 2.08 bits per heavy atom. The van der Waals surface area contributed by atoms with Crippen molar-refractivity contribution in [3.63, 3.8) is 0 Å². The van der Waals surface area contributed by atoms with Crippen molar-refractivity contribution >= 4 is 16.2 Å². The van der Waals surface area contributed by atoms with Crippen LogP contribution in [0.15, 0.2) is 12.1 Å². The SMILES string of the molecule is CCS(=O)(=O)Oc1cc(F)cc2c1OC(C(C)NC(=O)OC(C)(C)C)C2. The average Bonchev–Trinajstić information content (AvgIpc) is 2.88. The smallest absolute Gasteiger partial charge is 0.407 e. The van der Waals surface area contributed by atoms with E-state index in [1.165, 1.54) is 13.0 Å². The second kappa shape index (κ2) is 7.30. The number of halogens is 1. The summed E-state index contributed by atoms with van der Waals surface area (Å²) in [4.78, 5) is 11.9. The zero-order valence-corrected chi connectivity index (χ0v) is 16.3. The molecule has 7 nitrogen and oxygen atoms in total. The summed E-state index contributed by atoms with van der Waals surface area (Å²) in [5.74, 6) is -0.889. The lowest BCUT2D eigenvalue weighted by Gasteiger charge is -2.24. The van der Waals surface area contributed by atoms with Crippen molar-refractivity contribution in [2.24, 2.45) is 0 Å².